The van der Waals surface area contributed by atoms with Crippen molar-refractivity contribution in [2.45, 2.75) is 10.6 Å². The molecular weight excluding hydrogens is 275 g/mol. The lowest BCUT2D eigenvalue weighted by Crippen LogP contribution is -2.06. The molecule has 0 radical (unpaired) electrons. The van der Waals surface area contributed by atoms with E-state index in [0.717, 1.165) is 11.1 Å². The van der Waals surface area contributed by atoms with Gasteiger partial charge in [-0.25, -0.2) is 0 Å². The standard InChI is InChI=1S/C10H9IN2/c1-10(11)12-6-8-4-2-3-5-9(8)7-13-10/h2-7H,1H3. The maximum atomic E-state index is 4.36. The van der Waals surface area contributed by atoms with E-state index in [2.05, 4.69) is 32.6 Å². The molecule has 66 valence electrons. The summed E-state index contributed by atoms with van der Waals surface area (Å²) in [5.41, 5.74) is 2.26. The van der Waals surface area contributed by atoms with Crippen LogP contribution in [0, 0.1) is 0 Å². The van der Waals surface area contributed by atoms with E-state index in [-0.39, 0.29) is 3.67 Å². The van der Waals surface area contributed by atoms with Crippen LogP contribution in [0.15, 0.2) is 34.3 Å². The Morgan fingerprint density at radius 3 is 2.00 bits per heavy atom. The van der Waals surface area contributed by atoms with Gasteiger partial charge < -0.3 is 0 Å². The molecule has 0 saturated heterocycles. The predicted molar refractivity (Wildman–Crippen MR) is 64.1 cm³/mol. The first-order chi connectivity index (χ1) is 6.17. The van der Waals surface area contributed by atoms with Gasteiger partial charge >= 0.3 is 0 Å². The molecule has 2 nitrogen and oxygen atoms in total. The van der Waals surface area contributed by atoms with Gasteiger partial charge in [-0.15, -0.1) is 0 Å². The molecule has 0 bridgehead atoms. The molecule has 0 saturated carbocycles. The van der Waals surface area contributed by atoms with Gasteiger partial charge in [-0.05, 0) is 29.5 Å². The van der Waals surface area contributed by atoms with Gasteiger partial charge in [0.05, 0.1) is 0 Å². The zero-order valence-electron chi connectivity index (χ0n) is 7.24. The second kappa shape index (κ2) is 3.21. The number of fused-ring (bicyclic) bond motifs is 1. The van der Waals surface area contributed by atoms with Crippen LogP contribution in [0.3, 0.4) is 0 Å². The van der Waals surface area contributed by atoms with Crippen LogP contribution in [0.5, 0.6) is 0 Å². The SMILES string of the molecule is CC1(I)N=Cc2ccccc2C=N1. The molecule has 1 aromatic carbocycles. The van der Waals surface area contributed by atoms with E-state index in [9.17, 15) is 0 Å². The van der Waals surface area contributed by atoms with Crippen molar-refractivity contribution in [2.24, 2.45) is 9.98 Å². The van der Waals surface area contributed by atoms with Crippen molar-refractivity contribution in [1.29, 1.82) is 0 Å². The van der Waals surface area contributed by atoms with Gasteiger partial charge in [-0.2, -0.15) is 0 Å². The molecule has 0 aromatic heterocycles. The molecule has 0 spiro atoms. The Kier molecular flexibility index (Phi) is 2.19. The lowest BCUT2D eigenvalue weighted by Gasteiger charge is -2.08. The van der Waals surface area contributed by atoms with Gasteiger partial charge in [0.15, 0.2) is 3.67 Å². The molecule has 1 heterocycles. The smallest absolute Gasteiger partial charge is 0.198 e. The summed E-state index contributed by atoms with van der Waals surface area (Å²) in [6.07, 6.45) is 3.77. The third-order valence-corrected chi connectivity index (χ3v) is 2.43. The van der Waals surface area contributed by atoms with E-state index >= 15 is 0 Å². The highest BCUT2D eigenvalue weighted by molar-refractivity contribution is 14.1. The third-order valence-electron chi connectivity index (χ3n) is 1.87. The number of alkyl halides is 1. The molecular formula is C10H9IN2. The van der Waals surface area contributed by atoms with Crippen LogP contribution in [-0.2, 0) is 0 Å². The molecule has 1 aliphatic rings. The maximum absolute atomic E-state index is 4.36. The van der Waals surface area contributed by atoms with Gasteiger partial charge in [0, 0.05) is 23.6 Å². The van der Waals surface area contributed by atoms with Crippen LogP contribution in [-0.4, -0.2) is 16.1 Å². The Labute approximate surface area is 90.9 Å². The van der Waals surface area contributed by atoms with Crippen LogP contribution in [0.4, 0.5) is 0 Å². The Morgan fingerprint density at radius 2 is 1.54 bits per heavy atom. The summed E-state index contributed by atoms with van der Waals surface area (Å²) in [7, 11) is 0. The molecule has 2 rings (SSSR count). The second-order valence-corrected chi connectivity index (χ2v) is 5.09. The number of halogens is 1. The number of hydrogen-bond acceptors (Lipinski definition) is 2. The fourth-order valence-corrected chi connectivity index (χ4v) is 1.43. The van der Waals surface area contributed by atoms with Crippen molar-refractivity contribution in [1.82, 2.24) is 0 Å². The predicted octanol–water partition coefficient (Wildman–Crippen LogP) is 2.65. The molecule has 0 aliphatic carbocycles. The molecule has 0 atom stereocenters. The van der Waals surface area contributed by atoms with Crippen LogP contribution in [0.1, 0.15) is 18.1 Å². The maximum Gasteiger partial charge on any atom is 0.198 e. The van der Waals surface area contributed by atoms with E-state index in [1.165, 1.54) is 0 Å². The van der Waals surface area contributed by atoms with Crippen molar-refractivity contribution in [3.05, 3.63) is 35.4 Å². The summed E-state index contributed by atoms with van der Waals surface area (Å²) >= 11 is 2.22. The molecule has 0 amide bonds. The zero-order valence-corrected chi connectivity index (χ0v) is 9.39. The van der Waals surface area contributed by atoms with Gasteiger partial charge in [-0.1, -0.05) is 24.3 Å². The highest BCUT2D eigenvalue weighted by Gasteiger charge is 2.16. The van der Waals surface area contributed by atoms with Gasteiger partial charge in [0.25, 0.3) is 0 Å². The van der Waals surface area contributed by atoms with E-state index in [1.807, 2.05) is 43.6 Å². The summed E-state index contributed by atoms with van der Waals surface area (Å²) < 4.78 is -0.350. The number of benzene rings is 1. The van der Waals surface area contributed by atoms with Crippen molar-refractivity contribution in [2.75, 3.05) is 0 Å². The average molecular weight is 284 g/mol. The Balaban J connectivity index is 2.53. The van der Waals surface area contributed by atoms with Crippen molar-refractivity contribution < 1.29 is 0 Å². The van der Waals surface area contributed by atoms with Crippen LogP contribution in [0.2, 0.25) is 0 Å². The first-order valence-electron chi connectivity index (χ1n) is 4.06. The van der Waals surface area contributed by atoms with E-state index in [0.29, 0.717) is 0 Å². The van der Waals surface area contributed by atoms with Gasteiger partial charge in [0.2, 0.25) is 0 Å². The highest BCUT2D eigenvalue weighted by atomic mass is 127. The normalized spacial score (nSPS) is 18.0. The minimum atomic E-state index is -0.350. The van der Waals surface area contributed by atoms with E-state index in [1.54, 1.807) is 0 Å². The highest BCUT2D eigenvalue weighted by Crippen LogP contribution is 2.23. The van der Waals surface area contributed by atoms with Gasteiger partial charge in [-0.3, -0.25) is 9.98 Å². The van der Waals surface area contributed by atoms with Crippen LogP contribution >= 0.6 is 22.6 Å². The Morgan fingerprint density at radius 1 is 1.08 bits per heavy atom. The summed E-state index contributed by atoms with van der Waals surface area (Å²) in [5.74, 6) is 0. The van der Waals surface area contributed by atoms with Crippen LogP contribution in [0.25, 0.3) is 0 Å². The van der Waals surface area contributed by atoms with Crippen molar-refractivity contribution in [3.8, 4) is 0 Å². The first-order valence-corrected chi connectivity index (χ1v) is 5.14. The third kappa shape index (κ3) is 1.96. The molecule has 0 unspecified atom stereocenters. The molecule has 13 heavy (non-hydrogen) atoms. The van der Waals surface area contributed by atoms with Gasteiger partial charge in [0.1, 0.15) is 0 Å². The van der Waals surface area contributed by atoms with Crippen molar-refractivity contribution in [3.63, 3.8) is 0 Å². The Bertz CT molecular complexity index is 345. The number of aliphatic imine (C=N–C) groups is 2. The Hall–Kier alpha value is -0.710. The fraction of sp³-hybridized carbons (Fsp3) is 0.200. The lowest BCUT2D eigenvalue weighted by molar-refractivity contribution is 0.772. The number of nitrogens with zero attached hydrogens (tertiary/aromatic N) is 2. The molecule has 3 heteroatoms. The van der Waals surface area contributed by atoms with E-state index < -0.39 is 0 Å². The monoisotopic (exact) mass is 284 g/mol. The largest absolute Gasteiger partial charge is 0.253 e. The zero-order chi connectivity index (χ0) is 9.31. The summed E-state index contributed by atoms with van der Waals surface area (Å²) in [4.78, 5) is 8.72. The quantitative estimate of drug-likeness (QED) is 0.397. The topological polar surface area (TPSA) is 24.7 Å². The van der Waals surface area contributed by atoms with Crippen LogP contribution < -0.4 is 0 Å². The molecule has 1 aliphatic heterocycles. The summed E-state index contributed by atoms with van der Waals surface area (Å²) in [5, 5.41) is 0. The molecule has 1 aromatic rings. The lowest BCUT2D eigenvalue weighted by atomic mass is 10.1. The minimum absolute atomic E-state index is 0.350. The molecule has 0 fully saturated rings. The molecule has 0 N–H and O–H groups in total. The van der Waals surface area contributed by atoms with Crippen molar-refractivity contribution >= 4 is 35.0 Å². The second-order valence-electron chi connectivity index (χ2n) is 3.05. The first kappa shape index (κ1) is 8.87. The number of rotatable bonds is 0. The summed E-state index contributed by atoms with van der Waals surface area (Å²) in [6, 6.07) is 8.11. The fourth-order valence-electron chi connectivity index (χ4n) is 1.15. The minimum Gasteiger partial charge on any atom is -0.253 e. The van der Waals surface area contributed by atoms with E-state index in [4.69, 9.17) is 0 Å². The average Bonchev–Trinajstić information content (AvgIpc) is 2.27. The number of hydrogen-bond donors (Lipinski definition) is 0. The summed E-state index contributed by atoms with van der Waals surface area (Å²) in [6.45, 7) is 1.98.